The van der Waals surface area contributed by atoms with Gasteiger partial charge < -0.3 is 20.5 Å². The number of nitrogens with two attached hydrogens (primary N) is 1. The fourth-order valence-corrected chi connectivity index (χ4v) is 2.28. The summed E-state index contributed by atoms with van der Waals surface area (Å²) in [4.78, 5) is 12.1. The molecule has 3 N–H and O–H groups in total. The van der Waals surface area contributed by atoms with Crippen LogP contribution in [0.3, 0.4) is 0 Å². The van der Waals surface area contributed by atoms with Gasteiger partial charge >= 0.3 is 0 Å². The van der Waals surface area contributed by atoms with E-state index in [-0.39, 0.29) is 5.91 Å². The van der Waals surface area contributed by atoms with E-state index in [1.807, 2.05) is 25.1 Å². The van der Waals surface area contributed by atoms with Crippen molar-refractivity contribution >= 4 is 5.91 Å². The van der Waals surface area contributed by atoms with Crippen molar-refractivity contribution in [2.45, 2.75) is 58.5 Å². The molecule has 5 heteroatoms. The molecule has 1 aromatic carbocycles. The Balaban J connectivity index is 2.66. The van der Waals surface area contributed by atoms with Gasteiger partial charge in [0.05, 0.1) is 19.3 Å². The smallest absolute Gasteiger partial charge is 0.240 e. The minimum absolute atomic E-state index is 0.137. The van der Waals surface area contributed by atoms with E-state index in [1.54, 1.807) is 14.0 Å². The highest BCUT2D eigenvalue weighted by Gasteiger charge is 2.26. The average Bonchev–Trinajstić information content (AvgIpc) is 2.53. The monoisotopic (exact) mass is 322 g/mol. The zero-order valence-corrected chi connectivity index (χ0v) is 14.8. The highest BCUT2D eigenvalue weighted by atomic mass is 16.5. The van der Waals surface area contributed by atoms with Gasteiger partial charge in [-0.3, -0.25) is 4.79 Å². The van der Waals surface area contributed by atoms with Crippen molar-refractivity contribution in [3.8, 4) is 11.5 Å². The zero-order chi connectivity index (χ0) is 17.3. The number of ether oxygens (including phenoxy) is 2. The van der Waals surface area contributed by atoms with Crippen LogP contribution in [-0.2, 0) is 11.3 Å². The molecule has 0 saturated carbocycles. The molecule has 1 atom stereocenters. The van der Waals surface area contributed by atoms with Gasteiger partial charge in [-0.15, -0.1) is 0 Å². The molecular weight excluding hydrogens is 292 g/mol. The summed E-state index contributed by atoms with van der Waals surface area (Å²) in [6.07, 6.45) is 3.62. The molecule has 0 fully saturated rings. The lowest BCUT2D eigenvalue weighted by Crippen LogP contribution is -2.51. The summed E-state index contributed by atoms with van der Waals surface area (Å²) >= 11 is 0. The maximum absolute atomic E-state index is 12.1. The summed E-state index contributed by atoms with van der Waals surface area (Å²) in [5.41, 5.74) is 6.14. The molecule has 0 aliphatic heterocycles. The lowest BCUT2D eigenvalue weighted by molar-refractivity contribution is -0.126. The molecule has 23 heavy (non-hydrogen) atoms. The molecule has 0 aliphatic rings. The Hall–Kier alpha value is -1.75. The van der Waals surface area contributed by atoms with Gasteiger partial charge in [0.25, 0.3) is 0 Å². The average molecular weight is 322 g/mol. The van der Waals surface area contributed by atoms with Crippen LogP contribution in [0.1, 0.15) is 52.0 Å². The second kappa shape index (κ2) is 9.40. The van der Waals surface area contributed by atoms with Crippen LogP contribution in [0.2, 0.25) is 0 Å². The van der Waals surface area contributed by atoms with Crippen LogP contribution < -0.4 is 20.5 Å². The van der Waals surface area contributed by atoms with E-state index in [0.717, 1.165) is 30.6 Å². The van der Waals surface area contributed by atoms with Crippen LogP contribution >= 0.6 is 0 Å². The molecule has 0 spiro atoms. The van der Waals surface area contributed by atoms with Crippen molar-refractivity contribution in [2.75, 3.05) is 13.7 Å². The van der Waals surface area contributed by atoms with Gasteiger partial charge in [-0.1, -0.05) is 32.8 Å². The molecule has 1 rings (SSSR count). The van der Waals surface area contributed by atoms with Crippen molar-refractivity contribution in [2.24, 2.45) is 5.73 Å². The van der Waals surface area contributed by atoms with Crippen LogP contribution in [0.25, 0.3) is 0 Å². The Kier molecular flexibility index (Phi) is 7.89. The number of hydrogen-bond acceptors (Lipinski definition) is 4. The van der Waals surface area contributed by atoms with Gasteiger partial charge in [-0.05, 0) is 37.5 Å². The predicted molar refractivity (Wildman–Crippen MR) is 92.7 cm³/mol. The largest absolute Gasteiger partial charge is 0.493 e. The molecule has 1 aromatic rings. The third-order valence-corrected chi connectivity index (χ3v) is 3.72. The quantitative estimate of drug-likeness (QED) is 0.649. The van der Waals surface area contributed by atoms with Crippen LogP contribution in [-0.4, -0.2) is 25.2 Å². The Morgan fingerprint density at radius 3 is 2.61 bits per heavy atom. The summed E-state index contributed by atoms with van der Waals surface area (Å²) in [6.45, 7) is 6.99. The molecule has 5 nitrogen and oxygen atoms in total. The van der Waals surface area contributed by atoms with E-state index >= 15 is 0 Å². The van der Waals surface area contributed by atoms with E-state index in [9.17, 15) is 4.79 Å². The van der Waals surface area contributed by atoms with E-state index in [2.05, 4.69) is 12.2 Å². The number of carbonyl (C=O) groups excluding carboxylic acids is 1. The van der Waals surface area contributed by atoms with Gasteiger partial charge in [-0.2, -0.15) is 0 Å². The fraction of sp³-hybridized carbons (Fsp3) is 0.611. The predicted octanol–water partition coefficient (Wildman–Crippen LogP) is 3.01. The molecule has 1 unspecified atom stereocenters. The Morgan fingerprint density at radius 2 is 2.00 bits per heavy atom. The number of amides is 1. The number of carbonyl (C=O) groups is 1. The van der Waals surface area contributed by atoms with Crippen molar-refractivity contribution in [3.05, 3.63) is 23.8 Å². The Morgan fingerprint density at radius 1 is 1.26 bits per heavy atom. The standard InChI is InChI=1S/C18H30N2O3/c1-5-7-11-23-15-9-8-14(12-16(15)22-4)13-20-17(21)18(3,19)10-6-2/h8-9,12H,5-7,10-11,13,19H2,1-4H3,(H,20,21). The van der Waals surface area contributed by atoms with Crippen molar-refractivity contribution in [3.63, 3.8) is 0 Å². The van der Waals surface area contributed by atoms with Gasteiger partial charge in [0.1, 0.15) is 0 Å². The van der Waals surface area contributed by atoms with Crippen molar-refractivity contribution in [1.82, 2.24) is 5.32 Å². The third-order valence-electron chi connectivity index (χ3n) is 3.72. The topological polar surface area (TPSA) is 73.6 Å². The minimum atomic E-state index is -0.831. The molecule has 130 valence electrons. The summed E-state index contributed by atoms with van der Waals surface area (Å²) in [7, 11) is 1.61. The second-order valence-electron chi connectivity index (χ2n) is 6.04. The number of nitrogens with one attached hydrogen (secondary N) is 1. The molecule has 1 amide bonds. The van der Waals surface area contributed by atoms with Gasteiger partial charge in [0, 0.05) is 6.54 Å². The fourth-order valence-electron chi connectivity index (χ4n) is 2.28. The number of methoxy groups -OCH3 is 1. The second-order valence-corrected chi connectivity index (χ2v) is 6.04. The van der Waals surface area contributed by atoms with E-state index < -0.39 is 5.54 Å². The first-order valence-corrected chi connectivity index (χ1v) is 8.31. The maximum atomic E-state index is 12.1. The van der Waals surface area contributed by atoms with Crippen LogP contribution in [0.15, 0.2) is 18.2 Å². The Bertz CT molecular complexity index is 501. The van der Waals surface area contributed by atoms with E-state index in [1.165, 1.54) is 0 Å². The third kappa shape index (κ3) is 6.10. The first-order valence-electron chi connectivity index (χ1n) is 8.31. The summed E-state index contributed by atoms with van der Waals surface area (Å²) < 4.78 is 11.1. The molecule has 0 saturated heterocycles. The summed E-state index contributed by atoms with van der Waals surface area (Å²) in [5.74, 6) is 1.27. The number of unbranched alkanes of at least 4 members (excludes halogenated alkanes) is 1. The minimum Gasteiger partial charge on any atom is -0.493 e. The number of hydrogen-bond donors (Lipinski definition) is 2. The van der Waals surface area contributed by atoms with Gasteiger partial charge in [0.2, 0.25) is 5.91 Å². The van der Waals surface area contributed by atoms with E-state index in [4.69, 9.17) is 15.2 Å². The molecule has 0 heterocycles. The molecule has 0 aliphatic carbocycles. The van der Waals surface area contributed by atoms with Crippen molar-refractivity contribution < 1.29 is 14.3 Å². The highest BCUT2D eigenvalue weighted by molar-refractivity contribution is 5.85. The normalized spacial score (nSPS) is 13.3. The van der Waals surface area contributed by atoms with Gasteiger partial charge in [0.15, 0.2) is 11.5 Å². The Labute approximate surface area is 139 Å². The first-order chi connectivity index (χ1) is 10.9. The lowest BCUT2D eigenvalue weighted by atomic mass is 9.96. The van der Waals surface area contributed by atoms with Crippen LogP contribution in [0, 0.1) is 0 Å². The molecular formula is C18H30N2O3. The van der Waals surface area contributed by atoms with Crippen LogP contribution in [0.4, 0.5) is 0 Å². The summed E-state index contributed by atoms with van der Waals surface area (Å²) in [6, 6.07) is 5.69. The number of rotatable bonds is 10. The lowest BCUT2D eigenvalue weighted by Gasteiger charge is -2.23. The van der Waals surface area contributed by atoms with Gasteiger partial charge in [-0.25, -0.2) is 0 Å². The van der Waals surface area contributed by atoms with Crippen LogP contribution in [0.5, 0.6) is 11.5 Å². The summed E-state index contributed by atoms with van der Waals surface area (Å²) in [5, 5.41) is 2.89. The molecule has 0 radical (unpaired) electrons. The van der Waals surface area contributed by atoms with Crippen molar-refractivity contribution in [1.29, 1.82) is 0 Å². The SMILES string of the molecule is CCCCOc1ccc(CNC(=O)C(C)(N)CCC)cc1OC. The van der Waals surface area contributed by atoms with E-state index in [0.29, 0.717) is 25.3 Å². The first kappa shape index (κ1) is 19.3. The maximum Gasteiger partial charge on any atom is 0.240 e. The molecule has 0 aromatic heterocycles. The zero-order valence-electron chi connectivity index (χ0n) is 14.8. The number of benzene rings is 1. The molecule has 0 bridgehead atoms. The highest BCUT2D eigenvalue weighted by Crippen LogP contribution is 2.28.